The smallest absolute Gasteiger partial charge is 0.339 e. The third-order valence-electron chi connectivity index (χ3n) is 4.98. The maximum atomic E-state index is 12.8. The fourth-order valence-electron chi connectivity index (χ4n) is 3.36. The molecule has 0 bridgehead atoms. The summed E-state index contributed by atoms with van der Waals surface area (Å²) in [4.78, 5) is 36.7. The molecule has 1 heterocycles. The molecule has 1 atom stereocenters. The van der Waals surface area contributed by atoms with Crippen molar-refractivity contribution >= 4 is 17.8 Å². The van der Waals surface area contributed by atoms with E-state index in [1.54, 1.807) is 37.3 Å². The van der Waals surface area contributed by atoms with E-state index in [4.69, 9.17) is 14.2 Å². The first-order valence-electron chi connectivity index (χ1n) is 10.0. The van der Waals surface area contributed by atoms with Gasteiger partial charge in [-0.25, -0.2) is 4.79 Å². The van der Waals surface area contributed by atoms with Crippen molar-refractivity contribution in [2.24, 2.45) is 0 Å². The van der Waals surface area contributed by atoms with Gasteiger partial charge in [-0.05, 0) is 43.2 Å². The van der Waals surface area contributed by atoms with Gasteiger partial charge in [-0.2, -0.15) is 0 Å². The summed E-state index contributed by atoms with van der Waals surface area (Å²) in [6.45, 7) is 4.05. The molecule has 1 aliphatic rings. The van der Waals surface area contributed by atoms with E-state index in [2.05, 4.69) is 10.6 Å². The average Bonchev–Trinajstić information content (AvgIpc) is 2.76. The Hall–Kier alpha value is -3.55. The van der Waals surface area contributed by atoms with Crippen molar-refractivity contribution in [3.05, 3.63) is 59.2 Å². The van der Waals surface area contributed by atoms with Gasteiger partial charge in [0.05, 0.1) is 12.7 Å². The molecule has 0 aromatic heterocycles. The van der Waals surface area contributed by atoms with Crippen molar-refractivity contribution in [2.75, 3.05) is 20.3 Å². The fraction of sp³-hybridized carbons (Fsp3) is 0.348. The van der Waals surface area contributed by atoms with Crippen molar-refractivity contribution in [3.8, 4) is 11.5 Å². The number of fused-ring (bicyclic) bond motifs is 1. The van der Waals surface area contributed by atoms with Crippen LogP contribution in [0.1, 0.15) is 35.3 Å². The second-order valence-corrected chi connectivity index (χ2v) is 7.36. The van der Waals surface area contributed by atoms with Crippen molar-refractivity contribution < 1.29 is 28.6 Å². The van der Waals surface area contributed by atoms with Crippen molar-refractivity contribution in [3.63, 3.8) is 0 Å². The number of carbonyl (C=O) groups is 3. The topological polar surface area (TPSA) is 103 Å². The summed E-state index contributed by atoms with van der Waals surface area (Å²) >= 11 is 0. The number of likely N-dealkylation sites (N-methyl/N-ethyl adjacent to an activating group) is 1. The molecule has 0 saturated carbocycles. The van der Waals surface area contributed by atoms with Gasteiger partial charge in [0.25, 0.3) is 11.8 Å². The SMILES string of the molecule is CCNC(=O)COc1ccc(CNC(=O)C2(C)Cc3ccccc3C(=O)O2)cc1OC. The highest BCUT2D eigenvalue weighted by Crippen LogP contribution is 2.30. The molecular formula is C23H26N2O6. The van der Waals surface area contributed by atoms with E-state index >= 15 is 0 Å². The van der Waals surface area contributed by atoms with Crippen molar-refractivity contribution in [2.45, 2.75) is 32.4 Å². The number of amides is 2. The summed E-state index contributed by atoms with van der Waals surface area (Å²) in [7, 11) is 1.50. The number of esters is 1. The zero-order valence-corrected chi connectivity index (χ0v) is 17.8. The van der Waals surface area contributed by atoms with E-state index in [0.29, 0.717) is 30.0 Å². The molecule has 2 aromatic rings. The standard InChI is InChI=1S/C23H26N2O6/c1-4-24-20(26)14-30-18-10-9-15(11-19(18)29-3)13-25-22(28)23(2)12-16-7-5-6-8-17(16)21(27)31-23/h5-11H,4,12-14H2,1-3H3,(H,24,26)(H,25,28). The van der Waals surface area contributed by atoms with Crippen LogP contribution in [0.15, 0.2) is 42.5 Å². The number of nitrogens with one attached hydrogen (secondary N) is 2. The number of ether oxygens (including phenoxy) is 3. The Kier molecular flexibility index (Phi) is 6.79. The monoisotopic (exact) mass is 426 g/mol. The van der Waals surface area contributed by atoms with Gasteiger partial charge in [-0.1, -0.05) is 24.3 Å². The molecule has 0 aliphatic carbocycles. The number of hydrogen-bond donors (Lipinski definition) is 2. The zero-order chi connectivity index (χ0) is 22.4. The van der Waals surface area contributed by atoms with Crippen LogP contribution in [0.2, 0.25) is 0 Å². The van der Waals surface area contributed by atoms with Gasteiger partial charge < -0.3 is 24.8 Å². The predicted molar refractivity (Wildman–Crippen MR) is 113 cm³/mol. The molecule has 8 nitrogen and oxygen atoms in total. The van der Waals surface area contributed by atoms with E-state index in [1.807, 2.05) is 19.1 Å². The Morgan fingerprint density at radius 2 is 1.90 bits per heavy atom. The molecule has 31 heavy (non-hydrogen) atoms. The van der Waals surface area contributed by atoms with Crippen LogP contribution < -0.4 is 20.1 Å². The Bertz CT molecular complexity index is 990. The Morgan fingerprint density at radius 3 is 2.65 bits per heavy atom. The van der Waals surface area contributed by atoms with E-state index in [9.17, 15) is 14.4 Å². The van der Waals surface area contributed by atoms with Gasteiger partial charge in [0, 0.05) is 19.5 Å². The maximum absolute atomic E-state index is 12.8. The van der Waals surface area contributed by atoms with Crippen LogP contribution in [0, 0.1) is 0 Å². The van der Waals surface area contributed by atoms with Crippen LogP contribution in [0.5, 0.6) is 11.5 Å². The van der Waals surface area contributed by atoms with Crippen LogP contribution in [0.3, 0.4) is 0 Å². The summed E-state index contributed by atoms with van der Waals surface area (Å²) in [5.74, 6) is -0.243. The second kappa shape index (κ2) is 9.51. The lowest BCUT2D eigenvalue weighted by molar-refractivity contribution is -0.140. The van der Waals surface area contributed by atoms with Gasteiger partial charge in [-0.3, -0.25) is 9.59 Å². The van der Waals surface area contributed by atoms with E-state index in [-0.39, 0.29) is 25.0 Å². The number of rotatable bonds is 8. The van der Waals surface area contributed by atoms with Gasteiger partial charge in [0.2, 0.25) is 0 Å². The van der Waals surface area contributed by atoms with Crippen LogP contribution >= 0.6 is 0 Å². The number of hydrogen-bond acceptors (Lipinski definition) is 6. The third-order valence-corrected chi connectivity index (χ3v) is 4.98. The maximum Gasteiger partial charge on any atom is 0.339 e. The van der Waals surface area contributed by atoms with Gasteiger partial charge in [0.15, 0.2) is 23.7 Å². The van der Waals surface area contributed by atoms with Crippen LogP contribution in [-0.2, 0) is 27.3 Å². The lowest BCUT2D eigenvalue weighted by Gasteiger charge is -2.33. The van der Waals surface area contributed by atoms with Gasteiger partial charge in [-0.15, -0.1) is 0 Å². The molecule has 3 rings (SSSR count). The highest BCUT2D eigenvalue weighted by atomic mass is 16.6. The highest BCUT2D eigenvalue weighted by Gasteiger charge is 2.42. The first-order valence-corrected chi connectivity index (χ1v) is 10.0. The largest absolute Gasteiger partial charge is 0.493 e. The number of benzene rings is 2. The molecule has 0 radical (unpaired) electrons. The number of carbonyl (C=O) groups excluding carboxylic acids is 3. The molecule has 164 valence electrons. The number of methoxy groups -OCH3 is 1. The molecule has 0 saturated heterocycles. The third kappa shape index (κ3) is 5.14. The van der Waals surface area contributed by atoms with Crippen LogP contribution in [0.25, 0.3) is 0 Å². The van der Waals surface area contributed by atoms with Crippen LogP contribution in [-0.4, -0.2) is 43.6 Å². The van der Waals surface area contributed by atoms with Crippen LogP contribution in [0.4, 0.5) is 0 Å². The first kappa shape index (κ1) is 22.1. The van der Waals surface area contributed by atoms with E-state index in [0.717, 1.165) is 11.1 Å². The second-order valence-electron chi connectivity index (χ2n) is 7.36. The average molecular weight is 426 g/mol. The molecule has 1 aliphatic heterocycles. The summed E-state index contributed by atoms with van der Waals surface area (Å²) < 4.78 is 16.3. The quantitative estimate of drug-likeness (QED) is 0.626. The Morgan fingerprint density at radius 1 is 1.13 bits per heavy atom. The summed E-state index contributed by atoms with van der Waals surface area (Å²) in [6.07, 6.45) is 0.302. The van der Waals surface area contributed by atoms with Gasteiger partial charge in [0.1, 0.15) is 0 Å². The van der Waals surface area contributed by atoms with E-state index in [1.165, 1.54) is 7.11 Å². The number of cyclic esters (lactones) is 1. The summed E-state index contributed by atoms with van der Waals surface area (Å²) in [5.41, 5.74) is 0.750. The minimum absolute atomic E-state index is 0.120. The molecular weight excluding hydrogens is 400 g/mol. The molecule has 0 spiro atoms. The minimum atomic E-state index is -1.29. The zero-order valence-electron chi connectivity index (χ0n) is 17.8. The van der Waals surface area contributed by atoms with Gasteiger partial charge >= 0.3 is 5.97 Å². The highest BCUT2D eigenvalue weighted by molar-refractivity contribution is 5.97. The molecule has 2 aromatic carbocycles. The molecule has 1 unspecified atom stereocenters. The minimum Gasteiger partial charge on any atom is -0.493 e. The van der Waals surface area contributed by atoms with E-state index < -0.39 is 11.6 Å². The van der Waals surface area contributed by atoms with Crippen molar-refractivity contribution in [1.29, 1.82) is 0 Å². The summed E-state index contributed by atoms with van der Waals surface area (Å²) in [5, 5.41) is 5.48. The Labute approximate surface area is 180 Å². The lowest BCUT2D eigenvalue weighted by atomic mass is 9.89. The molecule has 8 heteroatoms. The normalized spacial score (nSPS) is 17.2. The molecule has 2 amide bonds. The summed E-state index contributed by atoms with van der Waals surface area (Å²) in [6, 6.07) is 12.3. The Balaban J connectivity index is 1.63. The van der Waals surface area contributed by atoms with Crippen molar-refractivity contribution in [1.82, 2.24) is 10.6 Å². The predicted octanol–water partition coefficient (Wildman–Crippen LogP) is 2.00. The lowest BCUT2D eigenvalue weighted by Crippen LogP contribution is -2.51. The fourth-order valence-corrected chi connectivity index (χ4v) is 3.36. The molecule has 0 fully saturated rings. The first-order chi connectivity index (χ1) is 14.9. The molecule has 2 N–H and O–H groups in total.